The fourth-order valence-electron chi connectivity index (χ4n) is 4.21. The molecule has 1 aliphatic carbocycles. The molecule has 4 rings (SSSR count). The van der Waals surface area contributed by atoms with Crippen molar-refractivity contribution in [1.29, 1.82) is 0 Å². The number of ketones is 1. The van der Waals surface area contributed by atoms with Crippen molar-refractivity contribution in [3.05, 3.63) is 65.2 Å². The van der Waals surface area contributed by atoms with E-state index in [1.165, 1.54) is 0 Å². The standard InChI is InChI=1S/C22H21NO4/c24-19(13-22(10-4-5-11-22)16-6-2-1-3-7-16)20(25)23-17-8-9-18-15(12-17)14-27-21(18)26/h1-3,6-9,12H,4-5,10-11,13-14H2,(H,23,25). The first kappa shape index (κ1) is 17.5. The van der Waals surface area contributed by atoms with Gasteiger partial charge in [0.1, 0.15) is 6.61 Å². The zero-order valence-corrected chi connectivity index (χ0v) is 15.0. The SMILES string of the molecule is O=C(CC1(c2ccccc2)CCCC1)C(=O)Nc1ccc2c(c1)COC2=O. The lowest BCUT2D eigenvalue weighted by Gasteiger charge is -2.28. The highest BCUT2D eigenvalue weighted by Crippen LogP contribution is 2.44. The Labute approximate surface area is 157 Å². The third-order valence-corrected chi connectivity index (χ3v) is 5.64. The molecule has 0 unspecified atom stereocenters. The highest BCUT2D eigenvalue weighted by Gasteiger charge is 2.38. The maximum absolute atomic E-state index is 12.7. The fourth-order valence-corrected chi connectivity index (χ4v) is 4.21. The molecule has 0 aromatic heterocycles. The second-order valence-corrected chi connectivity index (χ2v) is 7.36. The average Bonchev–Trinajstić information content (AvgIpc) is 3.30. The molecule has 1 aliphatic heterocycles. The number of hydrogen-bond donors (Lipinski definition) is 1. The third kappa shape index (κ3) is 3.37. The van der Waals surface area contributed by atoms with Gasteiger partial charge in [0.25, 0.3) is 5.91 Å². The van der Waals surface area contributed by atoms with Crippen molar-refractivity contribution in [2.45, 2.75) is 44.1 Å². The third-order valence-electron chi connectivity index (χ3n) is 5.64. The summed E-state index contributed by atoms with van der Waals surface area (Å²) < 4.78 is 4.96. The molecule has 27 heavy (non-hydrogen) atoms. The molecule has 0 bridgehead atoms. The summed E-state index contributed by atoms with van der Waals surface area (Å²) in [7, 11) is 0. The number of carbonyl (C=O) groups excluding carboxylic acids is 3. The van der Waals surface area contributed by atoms with E-state index in [0.29, 0.717) is 11.3 Å². The lowest BCUT2D eigenvalue weighted by atomic mass is 9.75. The van der Waals surface area contributed by atoms with Crippen LogP contribution in [0.15, 0.2) is 48.5 Å². The molecular formula is C22H21NO4. The summed E-state index contributed by atoms with van der Waals surface area (Å²) in [4.78, 5) is 36.7. The molecule has 2 aliphatic rings. The van der Waals surface area contributed by atoms with Crippen LogP contribution in [0.1, 0.15) is 53.6 Å². The molecule has 1 heterocycles. The van der Waals surface area contributed by atoms with Gasteiger partial charge >= 0.3 is 5.97 Å². The van der Waals surface area contributed by atoms with E-state index in [4.69, 9.17) is 4.74 Å². The van der Waals surface area contributed by atoms with Crippen molar-refractivity contribution in [2.75, 3.05) is 5.32 Å². The lowest BCUT2D eigenvalue weighted by Crippen LogP contribution is -2.32. The number of anilines is 1. The van der Waals surface area contributed by atoms with Gasteiger partial charge in [0.05, 0.1) is 5.56 Å². The number of hydrogen-bond acceptors (Lipinski definition) is 4. The van der Waals surface area contributed by atoms with Crippen LogP contribution in [0.4, 0.5) is 5.69 Å². The molecule has 0 radical (unpaired) electrons. The van der Waals surface area contributed by atoms with Gasteiger partial charge in [0.2, 0.25) is 5.78 Å². The van der Waals surface area contributed by atoms with Crippen LogP contribution in [0.25, 0.3) is 0 Å². The van der Waals surface area contributed by atoms with Crippen LogP contribution in [0.3, 0.4) is 0 Å². The summed E-state index contributed by atoms with van der Waals surface area (Å²) >= 11 is 0. The van der Waals surface area contributed by atoms with Crippen molar-refractivity contribution >= 4 is 23.3 Å². The quantitative estimate of drug-likeness (QED) is 0.648. The summed E-state index contributed by atoms with van der Waals surface area (Å²) in [5.74, 6) is -1.37. The van der Waals surface area contributed by atoms with E-state index in [0.717, 1.165) is 36.8 Å². The lowest BCUT2D eigenvalue weighted by molar-refractivity contribution is -0.135. The molecule has 5 nitrogen and oxygen atoms in total. The van der Waals surface area contributed by atoms with E-state index in [1.54, 1.807) is 18.2 Å². The zero-order valence-electron chi connectivity index (χ0n) is 15.0. The van der Waals surface area contributed by atoms with Crippen molar-refractivity contribution in [1.82, 2.24) is 0 Å². The van der Waals surface area contributed by atoms with E-state index in [9.17, 15) is 14.4 Å². The molecule has 138 valence electrons. The molecule has 2 aromatic rings. The minimum absolute atomic E-state index is 0.197. The van der Waals surface area contributed by atoms with Crippen molar-refractivity contribution in [3.63, 3.8) is 0 Å². The summed E-state index contributed by atoms with van der Waals surface area (Å²) in [5, 5.41) is 2.67. The number of ether oxygens (including phenoxy) is 1. The molecule has 1 amide bonds. The number of esters is 1. The summed E-state index contributed by atoms with van der Waals surface area (Å²) in [6, 6.07) is 15.0. The molecule has 0 spiro atoms. The van der Waals surface area contributed by atoms with Crippen molar-refractivity contribution in [2.24, 2.45) is 0 Å². The predicted molar refractivity (Wildman–Crippen MR) is 100 cm³/mol. The Balaban J connectivity index is 1.48. The van der Waals surface area contributed by atoms with Gasteiger partial charge in [-0.2, -0.15) is 0 Å². The molecular weight excluding hydrogens is 342 g/mol. The number of rotatable bonds is 5. The fraction of sp³-hybridized carbons (Fsp3) is 0.318. The Hall–Kier alpha value is -2.95. The number of cyclic esters (lactones) is 1. The first-order valence-corrected chi connectivity index (χ1v) is 9.27. The van der Waals surface area contributed by atoms with Crippen LogP contribution < -0.4 is 5.32 Å². The van der Waals surface area contributed by atoms with Crippen molar-refractivity contribution in [3.8, 4) is 0 Å². The van der Waals surface area contributed by atoms with E-state index in [1.807, 2.05) is 30.3 Å². The largest absolute Gasteiger partial charge is 0.457 e. The van der Waals surface area contributed by atoms with Crippen LogP contribution in [-0.4, -0.2) is 17.7 Å². The van der Waals surface area contributed by atoms with E-state index in [-0.39, 0.29) is 24.4 Å². The van der Waals surface area contributed by atoms with Gasteiger partial charge in [-0.15, -0.1) is 0 Å². The Morgan fingerprint density at radius 2 is 1.78 bits per heavy atom. The molecule has 1 fully saturated rings. The van der Waals surface area contributed by atoms with Crippen molar-refractivity contribution < 1.29 is 19.1 Å². The highest BCUT2D eigenvalue weighted by molar-refractivity contribution is 6.40. The van der Waals surface area contributed by atoms with Gasteiger partial charge in [-0.3, -0.25) is 9.59 Å². The number of Topliss-reactive ketones (excluding diaryl/α,β-unsaturated/α-hetero) is 1. The molecule has 5 heteroatoms. The summed E-state index contributed by atoms with van der Waals surface area (Å²) in [6.45, 7) is 0.197. The second-order valence-electron chi connectivity index (χ2n) is 7.36. The van der Waals surface area contributed by atoms with E-state index >= 15 is 0 Å². The second kappa shape index (κ2) is 6.99. The number of carbonyl (C=O) groups is 3. The normalized spacial score (nSPS) is 17.3. The molecule has 0 atom stereocenters. The maximum atomic E-state index is 12.7. The van der Waals surface area contributed by atoms with Gasteiger partial charge in [-0.1, -0.05) is 43.2 Å². The van der Waals surface area contributed by atoms with Crippen LogP contribution in [0.5, 0.6) is 0 Å². The van der Waals surface area contributed by atoms with Gasteiger partial charge in [-0.05, 0) is 36.6 Å². The topological polar surface area (TPSA) is 72.5 Å². The first-order chi connectivity index (χ1) is 13.1. The van der Waals surface area contributed by atoms with Crippen LogP contribution in [0, 0.1) is 0 Å². The molecule has 1 saturated carbocycles. The summed E-state index contributed by atoms with van der Waals surface area (Å²) in [5.41, 5.74) is 2.63. The molecule has 2 aromatic carbocycles. The number of nitrogens with one attached hydrogen (secondary N) is 1. The Bertz CT molecular complexity index is 898. The minimum atomic E-state index is -0.609. The number of fused-ring (bicyclic) bond motifs is 1. The van der Waals surface area contributed by atoms with Crippen LogP contribution >= 0.6 is 0 Å². The van der Waals surface area contributed by atoms with E-state index < -0.39 is 11.7 Å². The Kier molecular flexibility index (Phi) is 4.52. The van der Waals surface area contributed by atoms with E-state index in [2.05, 4.69) is 5.32 Å². The maximum Gasteiger partial charge on any atom is 0.338 e. The molecule has 1 N–H and O–H groups in total. The number of benzene rings is 2. The zero-order chi connectivity index (χ0) is 18.9. The monoisotopic (exact) mass is 363 g/mol. The van der Waals surface area contributed by atoms with Gasteiger partial charge in [-0.25, -0.2) is 4.79 Å². The highest BCUT2D eigenvalue weighted by atomic mass is 16.5. The van der Waals surface area contributed by atoms with Gasteiger partial charge in [0.15, 0.2) is 0 Å². The average molecular weight is 363 g/mol. The number of amides is 1. The summed E-state index contributed by atoms with van der Waals surface area (Å²) in [6.07, 6.45) is 4.21. The van der Waals surface area contributed by atoms with Crippen LogP contribution in [0.2, 0.25) is 0 Å². The van der Waals surface area contributed by atoms with Crippen LogP contribution in [-0.2, 0) is 26.3 Å². The first-order valence-electron chi connectivity index (χ1n) is 9.27. The Morgan fingerprint density at radius 3 is 2.52 bits per heavy atom. The minimum Gasteiger partial charge on any atom is -0.457 e. The van der Waals surface area contributed by atoms with Gasteiger partial charge < -0.3 is 10.1 Å². The predicted octanol–water partition coefficient (Wildman–Crippen LogP) is 3.77. The smallest absolute Gasteiger partial charge is 0.338 e. The van der Waals surface area contributed by atoms with Gasteiger partial charge in [0, 0.05) is 23.1 Å². The molecule has 0 saturated heterocycles. The Morgan fingerprint density at radius 1 is 1.04 bits per heavy atom.